The Morgan fingerprint density at radius 2 is 1.93 bits per heavy atom. The van der Waals surface area contributed by atoms with E-state index in [0.29, 0.717) is 45.9 Å². The molecule has 2 aromatic carbocycles. The number of anilines is 2. The summed E-state index contributed by atoms with van der Waals surface area (Å²) in [6.07, 6.45) is 0.807. The van der Waals surface area contributed by atoms with Crippen LogP contribution < -0.4 is 15.0 Å². The highest BCUT2D eigenvalue weighted by molar-refractivity contribution is 6.42. The molecule has 1 N–H and O–H groups in total. The molecule has 0 fully saturated rings. The molecule has 0 aliphatic carbocycles. The van der Waals surface area contributed by atoms with Crippen molar-refractivity contribution < 1.29 is 14.3 Å². The molecule has 0 unspecified atom stereocenters. The van der Waals surface area contributed by atoms with E-state index in [9.17, 15) is 9.59 Å². The van der Waals surface area contributed by atoms with Crippen molar-refractivity contribution in [1.82, 2.24) is 0 Å². The van der Waals surface area contributed by atoms with E-state index in [1.165, 1.54) is 6.07 Å². The first-order valence-electron chi connectivity index (χ1n) is 9.08. The van der Waals surface area contributed by atoms with E-state index in [-0.39, 0.29) is 11.8 Å². The number of hydrogen-bond acceptors (Lipinski definition) is 3. The predicted octanol–water partition coefficient (Wildman–Crippen LogP) is 5.41. The van der Waals surface area contributed by atoms with Crippen LogP contribution in [0.15, 0.2) is 36.4 Å². The van der Waals surface area contributed by atoms with Crippen molar-refractivity contribution >= 4 is 46.4 Å². The van der Waals surface area contributed by atoms with Gasteiger partial charge in [-0.1, -0.05) is 30.1 Å². The number of hydrogen-bond donors (Lipinski definition) is 1. The fourth-order valence-electron chi connectivity index (χ4n) is 3.01. The van der Waals surface area contributed by atoms with Gasteiger partial charge in [0.2, 0.25) is 5.91 Å². The van der Waals surface area contributed by atoms with Gasteiger partial charge in [-0.2, -0.15) is 0 Å². The number of amides is 2. The van der Waals surface area contributed by atoms with Crippen LogP contribution in [0.1, 0.15) is 37.6 Å². The molecule has 0 radical (unpaired) electrons. The van der Waals surface area contributed by atoms with E-state index in [4.69, 9.17) is 27.9 Å². The van der Waals surface area contributed by atoms with Crippen molar-refractivity contribution in [2.24, 2.45) is 5.41 Å². The summed E-state index contributed by atoms with van der Waals surface area (Å²) in [5.74, 6) is 0.308. The molecular weight excluding hydrogens is 399 g/mol. The van der Waals surface area contributed by atoms with Crippen LogP contribution in [-0.4, -0.2) is 25.0 Å². The predicted molar refractivity (Wildman–Crippen MR) is 113 cm³/mol. The summed E-state index contributed by atoms with van der Waals surface area (Å²) in [5, 5.41) is 3.54. The molecule has 1 heterocycles. The largest absolute Gasteiger partial charge is 0.490 e. The number of fused-ring (bicyclic) bond motifs is 1. The molecule has 1 aliphatic rings. The van der Waals surface area contributed by atoms with Crippen molar-refractivity contribution in [2.75, 3.05) is 23.4 Å². The number of nitrogens with zero attached hydrogens (tertiary/aromatic N) is 1. The third-order valence-electron chi connectivity index (χ3n) is 4.55. The maximum Gasteiger partial charge on any atom is 0.255 e. The first-order valence-corrected chi connectivity index (χ1v) is 9.84. The molecule has 2 amide bonds. The lowest BCUT2D eigenvalue weighted by Gasteiger charge is -2.27. The van der Waals surface area contributed by atoms with E-state index in [0.717, 1.165) is 6.42 Å². The average molecular weight is 421 g/mol. The van der Waals surface area contributed by atoms with E-state index in [1.54, 1.807) is 35.2 Å². The minimum Gasteiger partial charge on any atom is -0.490 e. The lowest BCUT2D eigenvalue weighted by atomic mass is 9.93. The van der Waals surface area contributed by atoms with Crippen LogP contribution in [-0.2, 0) is 4.79 Å². The fourth-order valence-corrected chi connectivity index (χ4v) is 3.31. The van der Waals surface area contributed by atoms with Gasteiger partial charge in [0.05, 0.1) is 21.1 Å². The minimum atomic E-state index is -0.627. The number of ether oxygens (including phenoxy) is 1. The molecule has 0 saturated heterocycles. The third kappa shape index (κ3) is 4.10. The van der Waals surface area contributed by atoms with E-state index in [2.05, 4.69) is 5.32 Å². The Balaban J connectivity index is 1.91. The molecule has 0 atom stereocenters. The number of carbonyl (C=O) groups is 2. The molecule has 0 saturated carbocycles. The molecule has 1 aliphatic heterocycles. The van der Waals surface area contributed by atoms with Gasteiger partial charge >= 0.3 is 0 Å². The quantitative estimate of drug-likeness (QED) is 0.719. The van der Waals surface area contributed by atoms with Crippen molar-refractivity contribution in [3.8, 4) is 5.75 Å². The Bertz CT molecular complexity index is 928. The topological polar surface area (TPSA) is 58.6 Å². The monoisotopic (exact) mass is 420 g/mol. The summed E-state index contributed by atoms with van der Waals surface area (Å²) in [6, 6.07) is 9.98. The summed E-state index contributed by atoms with van der Waals surface area (Å²) in [5.41, 5.74) is 0.983. The molecular formula is C21H22Cl2N2O3. The van der Waals surface area contributed by atoms with Crippen LogP contribution in [0.3, 0.4) is 0 Å². The second-order valence-electron chi connectivity index (χ2n) is 7.39. The highest BCUT2D eigenvalue weighted by atomic mass is 35.5. The summed E-state index contributed by atoms with van der Waals surface area (Å²) >= 11 is 11.9. The molecule has 7 heteroatoms. The smallest absolute Gasteiger partial charge is 0.255 e. The average Bonchev–Trinajstić information content (AvgIpc) is 2.74. The van der Waals surface area contributed by atoms with Crippen LogP contribution in [0.25, 0.3) is 0 Å². The lowest BCUT2D eigenvalue weighted by Crippen LogP contribution is -2.42. The van der Waals surface area contributed by atoms with Crippen molar-refractivity contribution in [1.29, 1.82) is 0 Å². The summed E-state index contributed by atoms with van der Waals surface area (Å²) < 4.78 is 5.88. The molecule has 148 valence electrons. The fraction of sp³-hybridized carbons (Fsp3) is 0.333. The van der Waals surface area contributed by atoms with Crippen LogP contribution in [0.4, 0.5) is 11.4 Å². The van der Waals surface area contributed by atoms with E-state index in [1.807, 2.05) is 20.8 Å². The van der Waals surface area contributed by atoms with Gasteiger partial charge in [0.15, 0.2) is 0 Å². The van der Waals surface area contributed by atoms with Gasteiger partial charge < -0.3 is 15.0 Å². The normalized spacial score (nSPS) is 15.5. The van der Waals surface area contributed by atoms with Crippen LogP contribution >= 0.6 is 23.2 Å². The summed E-state index contributed by atoms with van der Waals surface area (Å²) in [6.45, 7) is 6.63. The first-order chi connectivity index (χ1) is 13.2. The number of carbonyl (C=O) groups excluding carboxylic acids is 2. The molecule has 3 rings (SSSR count). The molecule has 0 spiro atoms. The SMILES string of the molecule is CCCN1C(=O)C(C)(C)COc2ccc(NC(=O)c3ccc(Cl)c(Cl)c3)cc21. The number of halogens is 2. The second-order valence-corrected chi connectivity index (χ2v) is 8.21. The van der Waals surface area contributed by atoms with Crippen LogP contribution in [0.2, 0.25) is 10.0 Å². The summed E-state index contributed by atoms with van der Waals surface area (Å²) in [4.78, 5) is 27.3. The molecule has 2 aromatic rings. The highest BCUT2D eigenvalue weighted by Gasteiger charge is 2.37. The Kier molecular flexibility index (Phi) is 5.87. The zero-order valence-electron chi connectivity index (χ0n) is 16.0. The van der Waals surface area contributed by atoms with Gasteiger partial charge in [-0.3, -0.25) is 9.59 Å². The maximum absolute atomic E-state index is 13.0. The maximum atomic E-state index is 13.0. The zero-order chi connectivity index (χ0) is 20.5. The van der Waals surface area contributed by atoms with Gasteiger partial charge in [0, 0.05) is 17.8 Å². The summed E-state index contributed by atoms with van der Waals surface area (Å²) in [7, 11) is 0. The Labute approximate surface area is 174 Å². The Hall–Kier alpha value is -2.24. The minimum absolute atomic E-state index is 0.000981. The van der Waals surface area contributed by atoms with Gasteiger partial charge in [-0.05, 0) is 56.7 Å². The zero-order valence-corrected chi connectivity index (χ0v) is 17.5. The highest BCUT2D eigenvalue weighted by Crippen LogP contribution is 2.38. The Morgan fingerprint density at radius 1 is 1.18 bits per heavy atom. The van der Waals surface area contributed by atoms with Crippen molar-refractivity contribution in [3.63, 3.8) is 0 Å². The number of benzene rings is 2. The standard InChI is InChI=1S/C21H22Cl2N2O3/c1-4-9-25-17-11-14(6-8-18(17)28-12-21(2,3)20(25)27)24-19(26)13-5-7-15(22)16(23)10-13/h5-8,10-11H,4,9,12H2,1-3H3,(H,24,26). The third-order valence-corrected chi connectivity index (χ3v) is 5.29. The first kappa shape index (κ1) is 20.5. The van der Waals surface area contributed by atoms with Gasteiger partial charge in [0.1, 0.15) is 12.4 Å². The molecule has 28 heavy (non-hydrogen) atoms. The van der Waals surface area contributed by atoms with Crippen molar-refractivity contribution in [3.05, 3.63) is 52.0 Å². The second kappa shape index (κ2) is 8.02. The van der Waals surface area contributed by atoms with E-state index < -0.39 is 5.41 Å². The van der Waals surface area contributed by atoms with Crippen LogP contribution in [0.5, 0.6) is 5.75 Å². The molecule has 0 aromatic heterocycles. The molecule has 0 bridgehead atoms. The van der Waals surface area contributed by atoms with Gasteiger partial charge in [-0.15, -0.1) is 0 Å². The Morgan fingerprint density at radius 3 is 2.61 bits per heavy atom. The number of nitrogens with one attached hydrogen (secondary N) is 1. The van der Waals surface area contributed by atoms with Gasteiger partial charge in [-0.25, -0.2) is 0 Å². The lowest BCUT2D eigenvalue weighted by molar-refractivity contribution is -0.127. The molecule has 5 nitrogen and oxygen atoms in total. The van der Waals surface area contributed by atoms with Crippen molar-refractivity contribution in [2.45, 2.75) is 27.2 Å². The van der Waals surface area contributed by atoms with E-state index >= 15 is 0 Å². The number of rotatable bonds is 4. The van der Waals surface area contributed by atoms with Gasteiger partial charge in [0.25, 0.3) is 5.91 Å². The van der Waals surface area contributed by atoms with Crippen LogP contribution in [0, 0.1) is 5.41 Å².